The number of carbonyl (C=O) groups is 1. The van der Waals surface area contributed by atoms with Gasteiger partial charge < -0.3 is 13.9 Å². The van der Waals surface area contributed by atoms with Crippen LogP contribution in [-0.2, 0) is 16.1 Å². The lowest BCUT2D eigenvalue weighted by Crippen LogP contribution is -2.24. The van der Waals surface area contributed by atoms with Crippen molar-refractivity contribution in [1.82, 2.24) is 0 Å². The Kier molecular flexibility index (Phi) is 8.89. The van der Waals surface area contributed by atoms with Crippen LogP contribution in [0.15, 0.2) is 21.5 Å². The van der Waals surface area contributed by atoms with Gasteiger partial charge in [-0.3, -0.25) is 9.59 Å². The molecule has 0 N–H and O–H groups in total. The molecule has 1 fully saturated rings. The predicted molar refractivity (Wildman–Crippen MR) is 105 cm³/mol. The smallest absolute Gasteiger partial charge is 0.309 e. The number of hydrogen-bond donors (Lipinski definition) is 0. The van der Waals surface area contributed by atoms with Gasteiger partial charge in [0.2, 0.25) is 11.2 Å². The van der Waals surface area contributed by atoms with E-state index in [9.17, 15) is 9.59 Å². The van der Waals surface area contributed by atoms with Crippen molar-refractivity contribution >= 4 is 5.97 Å². The Labute approximate surface area is 162 Å². The maximum atomic E-state index is 12.3. The van der Waals surface area contributed by atoms with Crippen LogP contribution >= 0.6 is 0 Å². The zero-order valence-corrected chi connectivity index (χ0v) is 17.0. The Bertz CT molecular complexity index is 626. The van der Waals surface area contributed by atoms with Crippen molar-refractivity contribution in [3.05, 3.63) is 28.3 Å². The third-order valence-electron chi connectivity index (χ3n) is 5.31. The highest BCUT2D eigenvalue weighted by Gasteiger charge is 2.27. The van der Waals surface area contributed by atoms with Crippen molar-refractivity contribution in [3.63, 3.8) is 0 Å². The standard InChI is InChI=1S/C22H34O5/c1-4-5-6-17-7-9-18(10-8-17)22(24)27-14-19-13-20(23)21(15-26-19)25-12-11-16(2)3/h13,15-18H,4-12,14H2,1-3H3. The van der Waals surface area contributed by atoms with Crippen molar-refractivity contribution in [1.29, 1.82) is 0 Å². The van der Waals surface area contributed by atoms with Gasteiger partial charge in [0.1, 0.15) is 18.6 Å². The fraction of sp³-hybridized carbons (Fsp3) is 0.727. The summed E-state index contributed by atoms with van der Waals surface area (Å²) < 4.78 is 16.2. The molecule has 1 aromatic rings. The molecule has 5 heteroatoms. The molecule has 1 aliphatic rings. The molecule has 0 spiro atoms. The predicted octanol–water partition coefficient (Wildman–Crippen LogP) is 5.10. The summed E-state index contributed by atoms with van der Waals surface area (Å²) in [4.78, 5) is 24.3. The largest absolute Gasteiger partial charge is 0.487 e. The Morgan fingerprint density at radius 2 is 2.00 bits per heavy atom. The van der Waals surface area contributed by atoms with E-state index in [1.54, 1.807) is 0 Å². The minimum atomic E-state index is -0.243. The van der Waals surface area contributed by atoms with Gasteiger partial charge in [0.25, 0.3) is 0 Å². The molecule has 5 nitrogen and oxygen atoms in total. The van der Waals surface area contributed by atoms with Crippen LogP contribution in [0, 0.1) is 17.8 Å². The van der Waals surface area contributed by atoms with E-state index in [-0.39, 0.29) is 29.7 Å². The third kappa shape index (κ3) is 7.39. The second-order valence-corrected chi connectivity index (χ2v) is 8.07. The molecule has 0 bridgehead atoms. The molecule has 0 radical (unpaired) electrons. The van der Waals surface area contributed by atoms with E-state index >= 15 is 0 Å². The van der Waals surface area contributed by atoms with Crippen molar-refractivity contribution in [2.24, 2.45) is 17.8 Å². The van der Waals surface area contributed by atoms with Crippen LogP contribution in [0.4, 0.5) is 0 Å². The van der Waals surface area contributed by atoms with Crippen LogP contribution in [-0.4, -0.2) is 12.6 Å². The number of rotatable bonds is 10. The van der Waals surface area contributed by atoms with Gasteiger partial charge in [-0.15, -0.1) is 0 Å². The lowest BCUT2D eigenvalue weighted by Gasteiger charge is -2.27. The topological polar surface area (TPSA) is 65.7 Å². The zero-order chi connectivity index (χ0) is 19.6. The number of carbonyl (C=O) groups excluding carboxylic acids is 1. The Morgan fingerprint density at radius 1 is 1.26 bits per heavy atom. The molecule has 1 heterocycles. The van der Waals surface area contributed by atoms with Crippen molar-refractivity contribution in [3.8, 4) is 5.75 Å². The number of ether oxygens (including phenoxy) is 2. The lowest BCUT2D eigenvalue weighted by molar-refractivity contribution is -0.151. The average molecular weight is 379 g/mol. The third-order valence-corrected chi connectivity index (χ3v) is 5.31. The zero-order valence-electron chi connectivity index (χ0n) is 17.0. The monoisotopic (exact) mass is 378 g/mol. The second kappa shape index (κ2) is 11.2. The highest BCUT2D eigenvalue weighted by atomic mass is 16.5. The van der Waals surface area contributed by atoms with E-state index in [1.165, 1.54) is 31.6 Å². The lowest BCUT2D eigenvalue weighted by atomic mass is 9.80. The highest BCUT2D eigenvalue weighted by Crippen LogP contribution is 2.32. The first-order chi connectivity index (χ1) is 13.0. The summed E-state index contributed by atoms with van der Waals surface area (Å²) in [5.74, 6) is 1.63. The normalized spacial score (nSPS) is 19.9. The summed E-state index contributed by atoms with van der Waals surface area (Å²) in [5, 5.41) is 0. The summed E-state index contributed by atoms with van der Waals surface area (Å²) in [5.41, 5.74) is -0.243. The maximum absolute atomic E-state index is 12.3. The van der Waals surface area contributed by atoms with E-state index in [1.807, 2.05) is 0 Å². The van der Waals surface area contributed by atoms with Gasteiger partial charge in [-0.2, -0.15) is 0 Å². The van der Waals surface area contributed by atoms with Crippen LogP contribution in [0.2, 0.25) is 0 Å². The van der Waals surface area contributed by atoms with E-state index in [4.69, 9.17) is 13.9 Å². The summed E-state index contributed by atoms with van der Waals surface area (Å²) >= 11 is 0. The Hall–Kier alpha value is -1.78. The van der Waals surface area contributed by atoms with E-state index in [2.05, 4.69) is 20.8 Å². The van der Waals surface area contributed by atoms with Crippen LogP contribution in [0.25, 0.3) is 0 Å². The minimum absolute atomic E-state index is 0.00386. The van der Waals surface area contributed by atoms with E-state index < -0.39 is 0 Å². The molecule has 0 unspecified atom stereocenters. The van der Waals surface area contributed by atoms with Gasteiger partial charge in [-0.05, 0) is 43.9 Å². The molecule has 27 heavy (non-hydrogen) atoms. The van der Waals surface area contributed by atoms with Crippen molar-refractivity contribution in [2.75, 3.05) is 6.61 Å². The molecule has 1 saturated carbocycles. The van der Waals surface area contributed by atoms with Crippen LogP contribution in [0.3, 0.4) is 0 Å². The molecular weight excluding hydrogens is 344 g/mol. The Balaban J connectivity index is 1.75. The van der Waals surface area contributed by atoms with Gasteiger partial charge in [0.05, 0.1) is 12.5 Å². The summed E-state index contributed by atoms with van der Waals surface area (Å²) in [6.07, 6.45) is 9.98. The first kappa shape index (κ1) is 21.5. The highest BCUT2D eigenvalue weighted by molar-refractivity contribution is 5.72. The van der Waals surface area contributed by atoms with E-state index in [0.717, 1.165) is 38.0 Å². The molecule has 0 aromatic carbocycles. The molecule has 0 amide bonds. The van der Waals surface area contributed by atoms with Crippen molar-refractivity contribution in [2.45, 2.75) is 78.7 Å². The van der Waals surface area contributed by atoms with Gasteiger partial charge >= 0.3 is 5.97 Å². The average Bonchev–Trinajstić information content (AvgIpc) is 2.66. The molecular formula is C22H34O5. The van der Waals surface area contributed by atoms with Crippen molar-refractivity contribution < 1.29 is 18.7 Å². The minimum Gasteiger partial charge on any atom is -0.487 e. The molecule has 2 rings (SSSR count). The number of esters is 1. The first-order valence-corrected chi connectivity index (χ1v) is 10.4. The first-order valence-electron chi connectivity index (χ1n) is 10.4. The van der Waals surface area contributed by atoms with Gasteiger partial charge in [-0.25, -0.2) is 0 Å². The van der Waals surface area contributed by atoms with Crippen LogP contribution in [0.1, 0.15) is 77.9 Å². The quantitative estimate of drug-likeness (QED) is 0.530. The molecule has 1 aliphatic carbocycles. The van der Waals surface area contributed by atoms with Crippen LogP contribution in [0.5, 0.6) is 5.75 Å². The van der Waals surface area contributed by atoms with Crippen LogP contribution < -0.4 is 10.2 Å². The second-order valence-electron chi connectivity index (χ2n) is 8.07. The molecule has 0 saturated heterocycles. The summed E-state index contributed by atoms with van der Waals surface area (Å²) in [6, 6.07) is 1.35. The molecule has 0 aliphatic heterocycles. The van der Waals surface area contributed by atoms with Gasteiger partial charge in [0, 0.05) is 6.07 Å². The fourth-order valence-electron chi connectivity index (χ4n) is 3.46. The van der Waals surface area contributed by atoms with Gasteiger partial charge in [-0.1, -0.05) is 40.0 Å². The summed E-state index contributed by atoms with van der Waals surface area (Å²) in [6.45, 7) is 6.89. The Morgan fingerprint density at radius 3 is 2.63 bits per heavy atom. The molecule has 0 atom stereocenters. The molecule has 1 aromatic heterocycles. The van der Waals surface area contributed by atoms with Gasteiger partial charge in [0.15, 0.2) is 0 Å². The number of hydrogen-bond acceptors (Lipinski definition) is 5. The fourth-order valence-corrected chi connectivity index (χ4v) is 3.46. The maximum Gasteiger partial charge on any atom is 0.309 e. The number of unbranched alkanes of at least 4 members (excludes halogenated alkanes) is 1. The SMILES string of the molecule is CCCCC1CCC(C(=O)OCc2cc(=O)c(OCCC(C)C)co2)CC1. The molecule has 152 valence electrons. The van der Waals surface area contributed by atoms with E-state index in [0.29, 0.717) is 18.3 Å². The summed E-state index contributed by atoms with van der Waals surface area (Å²) in [7, 11) is 0.